The van der Waals surface area contributed by atoms with Crippen LogP contribution in [0.15, 0.2) is 54.6 Å². The lowest BCUT2D eigenvalue weighted by Gasteiger charge is -2.32. The monoisotopic (exact) mass is 342 g/mol. The first-order chi connectivity index (χ1) is 11.6. The van der Waals surface area contributed by atoms with Gasteiger partial charge < -0.3 is 10.2 Å². The summed E-state index contributed by atoms with van der Waals surface area (Å²) >= 11 is 5.86. The maximum atomic E-state index is 12.5. The van der Waals surface area contributed by atoms with Crippen molar-refractivity contribution in [1.29, 1.82) is 0 Å². The summed E-state index contributed by atoms with van der Waals surface area (Å²) in [5.41, 5.74) is 1.31. The van der Waals surface area contributed by atoms with Crippen molar-refractivity contribution >= 4 is 23.4 Å². The molecule has 3 rings (SSSR count). The van der Waals surface area contributed by atoms with Gasteiger partial charge in [0.15, 0.2) is 0 Å². The van der Waals surface area contributed by atoms with Gasteiger partial charge in [0.05, 0.1) is 0 Å². The van der Waals surface area contributed by atoms with Crippen molar-refractivity contribution in [3.63, 3.8) is 0 Å². The van der Waals surface area contributed by atoms with Gasteiger partial charge in [-0.2, -0.15) is 0 Å². The predicted octanol–water partition coefficient (Wildman–Crippen LogP) is 3.37. The molecule has 24 heavy (non-hydrogen) atoms. The summed E-state index contributed by atoms with van der Waals surface area (Å²) in [5, 5.41) is 3.67. The van der Waals surface area contributed by atoms with E-state index in [4.69, 9.17) is 11.6 Å². The van der Waals surface area contributed by atoms with Crippen LogP contribution in [-0.4, -0.2) is 35.8 Å². The molecule has 0 unspecified atom stereocenters. The smallest absolute Gasteiger partial charge is 0.253 e. The second kappa shape index (κ2) is 7.49. The first-order valence-electron chi connectivity index (χ1n) is 8.04. The third kappa shape index (κ3) is 3.95. The second-order valence-electron chi connectivity index (χ2n) is 5.91. The van der Waals surface area contributed by atoms with Crippen molar-refractivity contribution in [2.75, 3.05) is 13.1 Å². The minimum absolute atomic E-state index is 0.0134. The number of hydrogen-bond donors (Lipinski definition) is 1. The van der Waals surface area contributed by atoms with Crippen molar-refractivity contribution in [2.24, 2.45) is 0 Å². The van der Waals surface area contributed by atoms with E-state index in [1.54, 1.807) is 36.4 Å². The van der Waals surface area contributed by atoms with Crippen molar-refractivity contribution in [2.45, 2.75) is 18.9 Å². The van der Waals surface area contributed by atoms with E-state index in [9.17, 15) is 9.59 Å². The number of nitrogens with one attached hydrogen (secondary N) is 1. The number of carbonyl (C=O) groups excluding carboxylic acids is 2. The largest absolute Gasteiger partial charge is 0.349 e. The number of hydrogen-bond acceptors (Lipinski definition) is 2. The van der Waals surface area contributed by atoms with Crippen molar-refractivity contribution in [3.05, 3.63) is 70.7 Å². The number of likely N-dealkylation sites (tertiary alicyclic amines) is 1. The summed E-state index contributed by atoms with van der Waals surface area (Å²) in [6.45, 7) is 1.28. The van der Waals surface area contributed by atoms with E-state index >= 15 is 0 Å². The van der Waals surface area contributed by atoms with E-state index < -0.39 is 0 Å². The molecule has 4 nitrogen and oxygen atoms in total. The molecule has 1 aliphatic heterocycles. The van der Waals surface area contributed by atoms with E-state index in [1.165, 1.54) is 0 Å². The van der Waals surface area contributed by atoms with Gasteiger partial charge in [-0.25, -0.2) is 0 Å². The quantitative estimate of drug-likeness (QED) is 0.929. The van der Waals surface area contributed by atoms with Gasteiger partial charge in [0.2, 0.25) is 0 Å². The van der Waals surface area contributed by atoms with Crippen LogP contribution < -0.4 is 5.32 Å². The Morgan fingerprint density at radius 3 is 2.17 bits per heavy atom. The van der Waals surface area contributed by atoms with E-state index in [1.807, 2.05) is 23.1 Å². The molecule has 1 aliphatic rings. The van der Waals surface area contributed by atoms with Crippen LogP contribution in [0.5, 0.6) is 0 Å². The number of carbonyl (C=O) groups is 2. The minimum Gasteiger partial charge on any atom is -0.349 e. The highest BCUT2D eigenvalue weighted by atomic mass is 35.5. The van der Waals surface area contributed by atoms with Crippen LogP contribution in [0, 0.1) is 0 Å². The number of rotatable bonds is 3. The van der Waals surface area contributed by atoms with Crippen molar-refractivity contribution in [1.82, 2.24) is 10.2 Å². The fourth-order valence-corrected chi connectivity index (χ4v) is 2.99. The average molecular weight is 343 g/mol. The van der Waals surface area contributed by atoms with Gasteiger partial charge in [-0.15, -0.1) is 0 Å². The molecule has 0 bridgehead atoms. The highest BCUT2D eigenvalue weighted by molar-refractivity contribution is 6.30. The summed E-state index contributed by atoms with van der Waals surface area (Å²) in [6, 6.07) is 16.2. The third-order valence-electron chi connectivity index (χ3n) is 4.24. The Morgan fingerprint density at radius 1 is 0.917 bits per heavy atom. The van der Waals surface area contributed by atoms with Gasteiger partial charge in [-0.3, -0.25) is 9.59 Å². The van der Waals surface area contributed by atoms with Crippen LogP contribution in [-0.2, 0) is 0 Å². The molecule has 0 aromatic heterocycles. The molecule has 1 saturated heterocycles. The maximum absolute atomic E-state index is 12.5. The van der Waals surface area contributed by atoms with Crippen molar-refractivity contribution < 1.29 is 9.59 Å². The topological polar surface area (TPSA) is 49.4 Å². The van der Waals surface area contributed by atoms with Gasteiger partial charge >= 0.3 is 0 Å². The van der Waals surface area contributed by atoms with Crippen LogP contribution in [0.4, 0.5) is 0 Å². The highest BCUT2D eigenvalue weighted by Gasteiger charge is 2.24. The fraction of sp³-hybridized carbons (Fsp3) is 0.263. The standard InChI is InChI=1S/C19H19ClN2O2/c20-16-8-6-15(7-9-16)19(24)22-12-10-17(11-13-22)21-18(23)14-4-2-1-3-5-14/h1-9,17H,10-13H2,(H,21,23). The Hall–Kier alpha value is -2.33. The zero-order valence-electron chi connectivity index (χ0n) is 13.2. The first-order valence-corrected chi connectivity index (χ1v) is 8.42. The SMILES string of the molecule is O=C(NC1CCN(C(=O)c2ccc(Cl)cc2)CC1)c1ccccc1. The lowest BCUT2D eigenvalue weighted by Crippen LogP contribution is -2.46. The summed E-state index contributed by atoms with van der Waals surface area (Å²) < 4.78 is 0. The second-order valence-corrected chi connectivity index (χ2v) is 6.35. The number of benzene rings is 2. The zero-order valence-corrected chi connectivity index (χ0v) is 14.0. The molecule has 2 amide bonds. The Labute approximate surface area is 146 Å². The maximum Gasteiger partial charge on any atom is 0.253 e. The van der Waals surface area contributed by atoms with Gasteiger partial charge in [-0.05, 0) is 49.2 Å². The number of amides is 2. The number of piperidine rings is 1. The van der Waals surface area contributed by atoms with Crippen LogP contribution in [0.25, 0.3) is 0 Å². The van der Waals surface area contributed by atoms with Gasteiger partial charge in [-0.1, -0.05) is 29.8 Å². The molecule has 2 aromatic carbocycles. The third-order valence-corrected chi connectivity index (χ3v) is 4.50. The lowest BCUT2D eigenvalue weighted by atomic mass is 10.0. The van der Waals surface area contributed by atoms with Gasteiger partial charge in [0.25, 0.3) is 11.8 Å². The number of nitrogens with zero attached hydrogens (tertiary/aromatic N) is 1. The van der Waals surface area contributed by atoms with Crippen LogP contribution in [0.1, 0.15) is 33.6 Å². The molecule has 0 saturated carbocycles. The summed E-state index contributed by atoms with van der Waals surface area (Å²) in [7, 11) is 0. The molecule has 1 fully saturated rings. The predicted molar refractivity (Wildman–Crippen MR) is 94.3 cm³/mol. The number of halogens is 1. The van der Waals surface area contributed by atoms with Crippen molar-refractivity contribution in [3.8, 4) is 0 Å². The van der Waals surface area contributed by atoms with Crippen LogP contribution >= 0.6 is 11.6 Å². The molecule has 0 radical (unpaired) electrons. The molecular weight excluding hydrogens is 324 g/mol. The highest BCUT2D eigenvalue weighted by Crippen LogP contribution is 2.16. The molecule has 0 spiro atoms. The van der Waals surface area contributed by atoms with Crippen LogP contribution in [0.3, 0.4) is 0 Å². The fourth-order valence-electron chi connectivity index (χ4n) is 2.86. The van der Waals surface area contributed by atoms with Gasteiger partial charge in [0, 0.05) is 35.3 Å². The lowest BCUT2D eigenvalue weighted by molar-refractivity contribution is 0.0698. The van der Waals surface area contributed by atoms with E-state index in [0.29, 0.717) is 29.2 Å². The zero-order chi connectivity index (χ0) is 16.9. The Bertz CT molecular complexity index is 708. The molecule has 5 heteroatoms. The normalized spacial score (nSPS) is 15.1. The first kappa shape index (κ1) is 16.5. The van der Waals surface area contributed by atoms with Gasteiger partial charge in [0.1, 0.15) is 0 Å². The average Bonchev–Trinajstić information content (AvgIpc) is 2.63. The summed E-state index contributed by atoms with van der Waals surface area (Å²) in [5.74, 6) is -0.0439. The molecular formula is C19H19ClN2O2. The molecule has 124 valence electrons. The van der Waals surface area contributed by atoms with E-state index in [0.717, 1.165) is 12.8 Å². The molecule has 1 N–H and O–H groups in total. The van der Waals surface area contributed by atoms with E-state index in [-0.39, 0.29) is 17.9 Å². The Morgan fingerprint density at radius 2 is 1.54 bits per heavy atom. The minimum atomic E-state index is -0.0573. The molecule has 2 aromatic rings. The Balaban J connectivity index is 1.53. The van der Waals surface area contributed by atoms with Crippen LogP contribution in [0.2, 0.25) is 5.02 Å². The molecule has 0 aliphatic carbocycles. The molecule has 1 heterocycles. The summed E-state index contributed by atoms with van der Waals surface area (Å²) in [6.07, 6.45) is 1.52. The Kier molecular flexibility index (Phi) is 5.16. The van der Waals surface area contributed by atoms with E-state index in [2.05, 4.69) is 5.32 Å². The summed E-state index contributed by atoms with van der Waals surface area (Å²) in [4.78, 5) is 26.5. The molecule has 0 atom stereocenters.